The molecular weight excluding hydrogens is 485 g/mol. The van der Waals surface area contributed by atoms with Crippen LogP contribution in [0.1, 0.15) is 48.4 Å². The molecule has 0 heterocycles. The number of hydrogen-bond acceptors (Lipinski definition) is 5. The van der Waals surface area contributed by atoms with Crippen molar-refractivity contribution in [2.45, 2.75) is 44.9 Å². The molecule has 3 rings (SSSR count). The van der Waals surface area contributed by atoms with E-state index >= 15 is 0 Å². The van der Waals surface area contributed by atoms with Gasteiger partial charge in [-0.2, -0.15) is 0 Å². The highest BCUT2D eigenvalue weighted by molar-refractivity contribution is 6.30. The van der Waals surface area contributed by atoms with Crippen molar-refractivity contribution in [1.82, 2.24) is 5.32 Å². The van der Waals surface area contributed by atoms with E-state index in [2.05, 4.69) is 5.32 Å². The summed E-state index contributed by atoms with van der Waals surface area (Å²) in [5.41, 5.74) is 1.05. The van der Waals surface area contributed by atoms with Gasteiger partial charge in [0, 0.05) is 22.7 Å². The smallest absolute Gasteiger partial charge is 0.335 e. The molecule has 1 unspecified atom stereocenters. The molecule has 3 aromatic carbocycles. The molecule has 0 saturated heterocycles. The average Bonchev–Trinajstić information content (AvgIpc) is 2.84. The van der Waals surface area contributed by atoms with Crippen molar-refractivity contribution in [1.29, 1.82) is 0 Å². The highest BCUT2D eigenvalue weighted by Gasteiger charge is 2.22. The third-order valence-corrected chi connectivity index (χ3v) is 5.92. The summed E-state index contributed by atoms with van der Waals surface area (Å²) >= 11 is 5.83. The minimum Gasteiger partial charge on any atom is -0.478 e. The van der Waals surface area contributed by atoms with Crippen LogP contribution in [0.15, 0.2) is 66.7 Å². The summed E-state index contributed by atoms with van der Waals surface area (Å²) in [5.74, 6) is -0.276. The standard InChI is InChI=1S/C28H31ClFNO5/c1-18(24-6-4-5-7-26(24)36-23-12-9-19(10-13-23)27(33)34)35-17-22(32)16-31-28(2,3)15-20-8-11-21(29)14-25(20)30/h4-14,18,22,31-32H,15-17H2,1-3H3,(H,33,34)/t18?,22-/m1/s1. The quantitative estimate of drug-likeness (QED) is 0.273. The Hall–Kier alpha value is -2.97. The van der Waals surface area contributed by atoms with Crippen LogP contribution in [0.2, 0.25) is 5.02 Å². The van der Waals surface area contributed by atoms with Gasteiger partial charge in [-0.1, -0.05) is 35.9 Å². The van der Waals surface area contributed by atoms with Gasteiger partial charge in [-0.25, -0.2) is 9.18 Å². The van der Waals surface area contributed by atoms with Gasteiger partial charge < -0.3 is 25.0 Å². The number of β-amino-alcohol motifs (C(OH)–C–C–N with tert-alkyl or cyclic N) is 1. The second kappa shape index (κ2) is 12.3. The first kappa shape index (κ1) is 27.6. The van der Waals surface area contributed by atoms with E-state index < -0.39 is 17.6 Å². The first-order valence-corrected chi connectivity index (χ1v) is 12.0. The predicted molar refractivity (Wildman–Crippen MR) is 137 cm³/mol. The monoisotopic (exact) mass is 515 g/mol. The van der Waals surface area contributed by atoms with Crippen LogP contribution in [0.25, 0.3) is 0 Å². The van der Waals surface area contributed by atoms with Crippen LogP contribution in [0, 0.1) is 5.82 Å². The van der Waals surface area contributed by atoms with Crippen molar-refractivity contribution in [2.75, 3.05) is 13.2 Å². The number of benzene rings is 3. The van der Waals surface area contributed by atoms with Crippen LogP contribution < -0.4 is 10.1 Å². The average molecular weight is 516 g/mol. The molecule has 192 valence electrons. The first-order valence-electron chi connectivity index (χ1n) is 11.6. The van der Waals surface area contributed by atoms with Gasteiger partial charge in [0.05, 0.1) is 24.4 Å². The van der Waals surface area contributed by atoms with Crippen molar-refractivity contribution in [3.63, 3.8) is 0 Å². The number of hydrogen-bond donors (Lipinski definition) is 3. The lowest BCUT2D eigenvalue weighted by Gasteiger charge is -2.28. The van der Waals surface area contributed by atoms with E-state index in [1.54, 1.807) is 30.3 Å². The van der Waals surface area contributed by atoms with Gasteiger partial charge >= 0.3 is 5.97 Å². The minimum atomic E-state index is -1.00. The van der Waals surface area contributed by atoms with Crippen LogP contribution in [0.5, 0.6) is 11.5 Å². The summed E-state index contributed by atoms with van der Waals surface area (Å²) in [5, 5.41) is 23.2. The summed E-state index contributed by atoms with van der Waals surface area (Å²) in [6, 6.07) is 18.2. The van der Waals surface area contributed by atoms with Crippen molar-refractivity contribution < 1.29 is 28.9 Å². The number of ether oxygens (including phenoxy) is 2. The SMILES string of the molecule is CC(OC[C@H](O)CNC(C)(C)Cc1ccc(Cl)cc1F)c1ccccc1Oc1ccc(C(=O)O)cc1. The number of carbonyl (C=O) groups is 1. The molecule has 0 aliphatic carbocycles. The Bertz CT molecular complexity index is 1170. The third kappa shape index (κ3) is 8.03. The lowest BCUT2D eigenvalue weighted by Crippen LogP contribution is -2.46. The molecule has 0 amide bonds. The third-order valence-electron chi connectivity index (χ3n) is 5.69. The number of carboxylic acid groups (broad SMARTS) is 1. The van der Waals surface area contributed by atoms with E-state index in [1.165, 1.54) is 18.2 Å². The minimum absolute atomic E-state index is 0.0845. The Kier molecular flexibility index (Phi) is 9.45. The van der Waals surface area contributed by atoms with Gasteiger partial charge in [0.25, 0.3) is 0 Å². The van der Waals surface area contributed by atoms with E-state index in [1.807, 2.05) is 39.0 Å². The molecule has 0 radical (unpaired) electrons. The fourth-order valence-electron chi connectivity index (χ4n) is 3.70. The van der Waals surface area contributed by atoms with Crippen LogP contribution in [0.3, 0.4) is 0 Å². The maximum Gasteiger partial charge on any atom is 0.335 e. The van der Waals surface area contributed by atoms with Crippen molar-refractivity contribution >= 4 is 17.6 Å². The Morgan fingerprint density at radius 1 is 1.11 bits per heavy atom. The van der Waals surface area contributed by atoms with Gasteiger partial charge in [-0.3, -0.25) is 0 Å². The molecule has 0 fully saturated rings. The molecular formula is C28H31ClFNO5. The van der Waals surface area contributed by atoms with Crippen LogP contribution in [-0.2, 0) is 11.2 Å². The molecule has 0 aliphatic rings. The molecule has 0 aliphatic heterocycles. The Morgan fingerprint density at radius 3 is 2.47 bits per heavy atom. The summed E-state index contributed by atoms with van der Waals surface area (Å²) in [6.07, 6.45) is -0.721. The van der Waals surface area contributed by atoms with Gasteiger partial charge in [-0.05, 0) is 75.2 Å². The summed E-state index contributed by atoms with van der Waals surface area (Å²) in [7, 11) is 0. The number of rotatable bonds is 12. The number of nitrogens with one attached hydrogen (secondary N) is 1. The molecule has 0 saturated carbocycles. The summed E-state index contributed by atoms with van der Waals surface area (Å²) < 4.78 is 26.0. The Labute approximate surface area is 215 Å². The van der Waals surface area contributed by atoms with Gasteiger partial charge in [-0.15, -0.1) is 0 Å². The van der Waals surface area contributed by atoms with Crippen molar-refractivity contribution in [3.8, 4) is 11.5 Å². The van der Waals surface area contributed by atoms with Crippen LogP contribution in [0.4, 0.5) is 4.39 Å². The number of para-hydroxylation sites is 1. The molecule has 3 aromatic rings. The maximum absolute atomic E-state index is 14.2. The van der Waals surface area contributed by atoms with Crippen molar-refractivity contribution in [2.24, 2.45) is 0 Å². The lowest BCUT2D eigenvalue weighted by molar-refractivity contribution is -0.00482. The van der Waals surface area contributed by atoms with E-state index in [0.29, 0.717) is 28.5 Å². The second-order valence-electron chi connectivity index (χ2n) is 9.28. The highest BCUT2D eigenvalue weighted by atomic mass is 35.5. The zero-order valence-electron chi connectivity index (χ0n) is 20.5. The molecule has 6 nitrogen and oxygen atoms in total. The molecule has 36 heavy (non-hydrogen) atoms. The molecule has 0 bridgehead atoms. The van der Waals surface area contributed by atoms with Gasteiger partial charge in [0.1, 0.15) is 17.3 Å². The molecule has 0 spiro atoms. The number of aromatic carboxylic acids is 1. The summed E-state index contributed by atoms with van der Waals surface area (Å²) in [6.45, 7) is 6.09. The maximum atomic E-state index is 14.2. The fraction of sp³-hybridized carbons (Fsp3) is 0.321. The van der Waals surface area contributed by atoms with E-state index in [9.17, 15) is 14.3 Å². The van der Waals surface area contributed by atoms with E-state index in [0.717, 1.165) is 5.56 Å². The first-order chi connectivity index (χ1) is 17.0. The Morgan fingerprint density at radius 2 is 1.81 bits per heavy atom. The van der Waals surface area contributed by atoms with E-state index in [4.69, 9.17) is 26.2 Å². The number of aliphatic hydroxyl groups excluding tert-OH is 1. The number of aliphatic hydroxyl groups is 1. The normalized spacial score (nSPS) is 13.3. The molecule has 3 N–H and O–H groups in total. The predicted octanol–water partition coefficient (Wildman–Crippen LogP) is 6.02. The molecule has 2 atom stereocenters. The Balaban J connectivity index is 1.53. The topological polar surface area (TPSA) is 88.0 Å². The molecule has 8 heteroatoms. The van der Waals surface area contributed by atoms with Crippen LogP contribution in [-0.4, -0.2) is 41.0 Å². The van der Waals surface area contributed by atoms with Gasteiger partial charge in [0.2, 0.25) is 0 Å². The zero-order chi connectivity index (χ0) is 26.3. The number of halogens is 2. The lowest BCUT2D eigenvalue weighted by atomic mass is 9.94. The van der Waals surface area contributed by atoms with E-state index in [-0.39, 0.29) is 30.6 Å². The fourth-order valence-corrected chi connectivity index (χ4v) is 3.86. The molecule has 0 aromatic heterocycles. The highest BCUT2D eigenvalue weighted by Crippen LogP contribution is 2.31. The zero-order valence-corrected chi connectivity index (χ0v) is 21.3. The van der Waals surface area contributed by atoms with Gasteiger partial charge in [0.15, 0.2) is 0 Å². The summed E-state index contributed by atoms with van der Waals surface area (Å²) in [4.78, 5) is 11.0. The number of carboxylic acids is 1. The second-order valence-corrected chi connectivity index (χ2v) is 9.71. The van der Waals surface area contributed by atoms with Crippen LogP contribution >= 0.6 is 11.6 Å². The van der Waals surface area contributed by atoms with Crippen molar-refractivity contribution in [3.05, 3.63) is 94.3 Å². The largest absolute Gasteiger partial charge is 0.478 e.